The van der Waals surface area contributed by atoms with Crippen molar-refractivity contribution in [1.82, 2.24) is 4.90 Å². The van der Waals surface area contributed by atoms with Gasteiger partial charge < -0.3 is 9.64 Å². The lowest BCUT2D eigenvalue weighted by molar-refractivity contribution is -0.0212. The zero-order valence-corrected chi connectivity index (χ0v) is 11.9. The van der Waals surface area contributed by atoms with Gasteiger partial charge in [0.25, 0.3) is 0 Å². The number of nitrogens with zero attached hydrogens (tertiary/aromatic N) is 1. The van der Waals surface area contributed by atoms with E-state index in [9.17, 15) is 0 Å². The van der Waals surface area contributed by atoms with E-state index in [1.165, 1.54) is 51.6 Å². The quantitative estimate of drug-likeness (QED) is 0.748. The van der Waals surface area contributed by atoms with Crippen molar-refractivity contribution in [1.29, 1.82) is 0 Å². The van der Waals surface area contributed by atoms with Crippen LogP contribution in [0.15, 0.2) is 0 Å². The zero-order chi connectivity index (χ0) is 12.3. The Morgan fingerprint density at radius 1 is 1.06 bits per heavy atom. The molecule has 0 radical (unpaired) electrons. The van der Waals surface area contributed by atoms with Crippen molar-refractivity contribution < 1.29 is 4.74 Å². The van der Waals surface area contributed by atoms with E-state index in [0.29, 0.717) is 0 Å². The van der Waals surface area contributed by atoms with Crippen LogP contribution in [0, 0.1) is 5.92 Å². The molecule has 17 heavy (non-hydrogen) atoms. The molecule has 2 aliphatic rings. The van der Waals surface area contributed by atoms with Gasteiger partial charge >= 0.3 is 0 Å². The van der Waals surface area contributed by atoms with E-state index in [1.807, 2.05) is 0 Å². The summed E-state index contributed by atoms with van der Waals surface area (Å²) in [7, 11) is 0. The highest BCUT2D eigenvalue weighted by Gasteiger charge is 2.29. The van der Waals surface area contributed by atoms with Gasteiger partial charge in [0.1, 0.15) is 0 Å². The van der Waals surface area contributed by atoms with E-state index in [1.54, 1.807) is 0 Å². The van der Waals surface area contributed by atoms with Gasteiger partial charge in [0, 0.05) is 12.6 Å². The van der Waals surface area contributed by atoms with Gasteiger partial charge in [-0.1, -0.05) is 19.3 Å². The van der Waals surface area contributed by atoms with Crippen molar-refractivity contribution in [3.63, 3.8) is 0 Å². The van der Waals surface area contributed by atoms with Gasteiger partial charge in [-0.15, -0.1) is 0 Å². The van der Waals surface area contributed by atoms with E-state index >= 15 is 0 Å². The molecule has 2 nitrogen and oxygen atoms in total. The molecule has 1 aliphatic carbocycles. The Bertz CT molecular complexity index is 228. The van der Waals surface area contributed by atoms with Crippen LogP contribution in [-0.2, 0) is 4.74 Å². The summed E-state index contributed by atoms with van der Waals surface area (Å²) in [6.45, 7) is 10.00. The fraction of sp³-hybridized carbons (Fsp3) is 1.00. The van der Waals surface area contributed by atoms with Crippen molar-refractivity contribution in [3.8, 4) is 0 Å². The molecule has 0 aromatic carbocycles. The molecule has 1 unspecified atom stereocenters. The molecular weight excluding hydrogens is 210 g/mol. The summed E-state index contributed by atoms with van der Waals surface area (Å²) >= 11 is 0. The summed E-state index contributed by atoms with van der Waals surface area (Å²) in [5, 5.41) is 0. The maximum Gasteiger partial charge on any atom is 0.0598 e. The van der Waals surface area contributed by atoms with Crippen molar-refractivity contribution in [3.05, 3.63) is 0 Å². The fourth-order valence-electron chi connectivity index (χ4n) is 3.14. The van der Waals surface area contributed by atoms with Gasteiger partial charge in [0.2, 0.25) is 0 Å². The zero-order valence-electron chi connectivity index (χ0n) is 11.9. The summed E-state index contributed by atoms with van der Waals surface area (Å²) in [4.78, 5) is 2.73. The minimum Gasteiger partial charge on any atom is -0.376 e. The van der Waals surface area contributed by atoms with Crippen LogP contribution in [0.25, 0.3) is 0 Å². The van der Waals surface area contributed by atoms with Crippen LogP contribution in [0.1, 0.15) is 59.3 Å². The largest absolute Gasteiger partial charge is 0.376 e. The molecule has 1 aliphatic heterocycles. The van der Waals surface area contributed by atoms with Crippen molar-refractivity contribution in [2.75, 3.05) is 19.7 Å². The van der Waals surface area contributed by atoms with Crippen LogP contribution >= 0.6 is 0 Å². The van der Waals surface area contributed by atoms with Gasteiger partial charge in [0.05, 0.1) is 12.2 Å². The minimum atomic E-state index is 0.0261. The SMILES string of the molecule is CC(C)(C)OCC1CCN(C2CCCCC2)C1. The number of likely N-dealkylation sites (tertiary alicyclic amines) is 1. The van der Waals surface area contributed by atoms with Gasteiger partial charge in [0.15, 0.2) is 0 Å². The number of hydrogen-bond acceptors (Lipinski definition) is 2. The summed E-state index contributed by atoms with van der Waals surface area (Å²) < 4.78 is 5.92. The molecule has 1 saturated carbocycles. The lowest BCUT2D eigenvalue weighted by Crippen LogP contribution is -2.35. The Morgan fingerprint density at radius 3 is 2.41 bits per heavy atom. The fourth-order valence-corrected chi connectivity index (χ4v) is 3.14. The summed E-state index contributed by atoms with van der Waals surface area (Å²) in [6, 6.07) is 0.892. The molecule has 2 rings (SSSR count). The Hall–Kier alpha value is -0.0800. The molecule has 100 valence electrons. The second-order valence-electron chi connectivity index (χ2n) is 6.86. The van der Waals surface area contributed by atoms with Gasteiger partial charge in [-0.25, -0.2) is 0 Å². The Morgan fingerprint density at radius 2 is 1.76 bits per heavy atom. The van der Waals surface area contributed by atoms with E-state index < -0.39 is 0 Å². The van der Waals surface area contributed by atoms with Crippen LogP contribution in [-0.4, -0.2) is 36.2 Å². The highest BCUT2D eigenvalue weighted by molar-refractivity contribution is 4.83. The van der Waals surface area contributed by atoms with E-state index in [2.05, 4.69) is 25.7 Å². The van der Waals surface area contributed by atoms with Gasteiger partial charge in [-0.3, -0.25) is 0 Å². The smallest absolute Gasteiger partial charge is 0.0598 e. The van der Waals surface area contributed by atoms with Crippen LogP contribution in [0.4, 0.5) is 0 Å². The average Bonchev–Trinajstić information content (AvgIpc) is 2.75. The molecule has 1 heterocycles. The van der Waals surface area contributed by atoms with E-state index in [4.69, 9.17) is 4.74 Å². The predicted molar refractivity (Wildman–Crippen MR) is 72.3 cm³/mol. The monoisotopic (exact) mass is 239 g/mol. The third-order valence-electron chi connectivity index (χ3n) is 4.16. The standard InChI is InChI=1S/C15H29NO/c1-15(2,3)17-12-13-9-10-16(11-13)14-7-5-4-6-8-14/h13-14H,4-12H2,1-3H3. The molecule has 1 saturated heterocycles. The first-order valence-electron chi connectivity index (χ1n) is 7.42. The van der Waals surface area contributed by atoms with Crippen LogP contribution in [0.3, 0.4) is 0 Å². The summed E-state index contributed by atoms with van der Waals surface area (Å²) in [5.74, 6) is 0.774. The normalized spacial score (nSPS) is 28.8. The van der Waals surface area contributed by atoms with E-state index in [0.717, 1.165) is 18.6 Å². The van der Waals surface area contributed by atoms with Gasteiger partial charge in [-0.05, 0) is 52.5 Å². The van der Waals surface area contributed by atoms with Crippen LogP contribution < -0.4 is 0 Å². The number of ether oxygens (including phenoxy) is 1. The first-order chi connectivity index (χ1) is 8.04. The highest BCUT2D eigenvalue weighted by atomic mass is 16.5. The number of hydrogen-bond donors (Lipinski definition) is 0. The molecule has 0 bridgehead atoms. The number of rotatable bonds is 3. The third-order valence-corrected chi connectivity index (χ3v) is 4.16. The Kier molecular flexibility index (Phi) is 4.48. The Labute approximate surface area is 107 Å². The second-order valence-corrected chi connectivity index (χ2v) is 6.86. The third kappa shape index (κ3) is 4.26. The van der Waals surface area contributed by atoms with Crippen molar-refractivity contribution >= 4 is 0 Å². The van der Waals surface area contributed by atoms with Crippen LogP contribution in [0.2, 0.25) is 0 Å². The molecule has 0 spiro atoms. The molecule has 0 aromatic rings. The molecule has 2 fully saturated rings. The average molecular weight is 239 g/mol. The van der Waals surface area contributed by atoms with E-state index in [-0.39, 0.29) is 5.60 Å². The second kappa shape index (κ2) is 5.71. The molecule has 0 N–H and O–H groups in total. The predicted octanol–water partition coefficient (Wildman–Crippen LogP) is 3.46. The summed E-state index contributed by atoms with van der Waals surface area (Å²) in [5.41, 5.74) is 0.0261. The summed E-state index contributed by atoms with van der Waals surface area (Å²) in [6.07, 6.45) is 8.57. The molecule has 1 atom stereocenters. The lowest BCUT2D eigenvalue weighted by Gasteiger charge is -2.31. The van der Waals surface area contributed by atoms with Crippen molar-refractivity contribution in [2.24, 2.45) is 5.92 Å². The van der Waals surface area contributed by atoms with Crippen molar-refractivity contribution in [2.45, 2.75) is 70.9 Å². The molecule has 2 heteroatoms. The minimum absolute atomic E-state index is 0.0261. The first-order valence-corrected chi connectivity index (χ1v) is 7.42. The Balaban J connectivity index is 1.71. The maximum atomic E-state index is 5.92. The topological polar surface area (TPSA) is 12.5 Å². The lowest BCUT2D eigenvalue weighted by atomic mass is 9.94. The molecular formula is C15H29NO. The first kappa shape index (κ1) is 13.4. The highest BCUT2D eigenvalue weighted by Crippen LogP contribution is 2.28. The maximum absolute atomic E-state index is 5.92. The van der Waals surface area contributed by atoms with Crippen LogP contribution in [0.5, 0.6) is 0 Å². The van der Waals surface area contributed by atoms with Gasteiger partial charge in [-0.2, -0.15) is 0 Å². The molecule has 0 aromatic heterocycles. The molecule has 0 amide bonds.